The van der Waals surface area contributed by atoms with E-state index in [1.54, 1.807) is 24.0 Å². The Hall–Kier alpha value is -2.71. The zero-order valence-corrected chi connectivity index (χ0v) is 12.7. The van der Waals surface area contributed by atoms with E-state index in [-0.39, 0.29) is 11.8 Å². The number of carbonyl (C=O) groups is 1. The number of nitrogens with zero attached hydrogens (tertiary/aromatic N) is 3. The highest BCUT2D eigenvalue weighted by Gasteiger charge is 2.13. The largest absolute Gasteiger partial charge is 0.434 e. The molecule has 1 heterocycles. The number of alkyl halides is 2. The van der Waals surface area contributed by atoms with Crippen molar-refractivity contribution in [2.45, 2.75) is 33.0 Å². The van der Waals surface area contributed by atoms with Crippen LogP contribution in [0.4, 0.5) is 19.3 Å². The van der Waals surface area contributed by atoms with Crippen LogP contribution in [0.25, 0.3) is 0 Å². The predicted octanol–water partition coefficient (Wildman–Crippen LogP) is 2.40. The Balaban J connectivity index is 1.94. The van der Waals surface area contributed by atoms with Crippen LogP contribution in [-0.2, 0) is 6.54 Å². The van der Waals surface area contributed by atoms with E-state index in [0.717, 1.165) is 0 Å². The number of ether oxygens (including phenoxy) is 1. The number of anilines is 1. The molecule has 2 amide bonds. The van der Waals surface area contributed by atoms with E-state index in [1.807, 2.05) is 6.92 Å². The monoisotopic (exact) mass is 325 g/mol. The van der Waals surface area contributed by atoms with Gasteiger partial charge in [0, 0.05) is 17.3 Å². The summed E-state index contributed by atoms with van der Waals surface area (Å²) >= 11 is 0. The topological polar surface area (TPSA) is 81.1 Å². The van der Waals surface area contributed by atoms with Gasteiger partial charge in [0.05, 0.1) is 6.54 Å². The third-order valence-electron chi connectivity index (χ3n) is 3.05. The van der Waals surface area contributed by atoms with Crippen LogP contribution in [0.1, 0.15) is 12.5 Å². The first-order chi connectivity index (χ1) is 11.0. The van der Waals surface area contributed by atoms with Crippen molar-refractivity contribution in [3.05, 3.63) is 36.4 Å². The van der Waals surface area contributed by atoms with Crippen molar-refractivity contribution in [1.82, 2.24) is 20.1 Å². The maximum Gasteiger partial charge on any atom is 0.387 e. The molecule has 0 fully saturated rings. The molecule has 2 aromatic rings. The van der Waals surface area contributed by atoms with Crippen LogP contribution in [0.15, 0.2) is 30.9 Å². The van der Waals surface area contributed by atoms with Crippen LogP contribution in [-0.4, -0.2) is 33.4 Å². The van der Waals surface area contributed by atoms with Crippen LogP contribution in [0.3, 0.4) is 0 Å². The number of urea groups is 1. The minimum atomic E-state index is -2.92. The Bertz CT molecular complexity index is 649. The number of amides is 2. The van der Waals surface area contributed by atoms with E-state index in [9.17, 15) is 13.6 Å². The molecule has 0 saturated carbocycles. The molecule has 0 saturated heterocycles. The molecular weight excluding hydrogens is 308 g/mol. The van der Waals surface area contributed by atoms with Gasteiger partial charge in [-0.3, -0.25) is 4.68 Å². The van der Waals surface area contributed by atoms with E-state index < -0.39 is 12.6 Å². The fraction of sp³-hybridized carbons (Fsp3) is 0.357. The molecule has 0 bridgehead atoms. The third-order valence-corrected chi connectivity index (χ3v) is 3.05. The summed E-state index contributed by atoms with van der Waals surface area (Å²) in [4.78, 5) is 15.8. The Morgan fingerprint density at radius 2 is 2.22 bits per heavy atom. The van der Waals surface area contributed by atoms with Gasteiger partial charge < -0.3 is 15.4 Å². The van der Waals surface area contributed by atoms with Gasteiger partial charge in [-0.15, -0.1) is 0 Å². The molecule has 7 nitrogen and oxygen atoms in total. The van der Waals surface area contributed by atoms with Gasteiger partial charge >= 0.3 is 12.6 Å². The van der Waals surface area contributed by atoms with Gasteiger partial charge in [0.15, 0.2) is 0 Å². The molecule has 0 aliphatic rings. The number of rotatable bonds is 6. The number of nitrogens with one attached hydrogen (secondary N) is 2. The normalized spacial score (nSPS) is 12.0. The molecule has 0 aliphatic carbocycles. The fourth-order valence-electron chi connectivity index (χ4n) is 2.01. The summed E-state index contributed by atoms with van der Waals surface area (Å²) < 4.78 is 30.6. The molecule has 2 N–H and O–H groups in total. The molecule has 2 rings (SSSR count). The second kappa shape index (κ2) is 7.52. The summed E-state index contributed by atoms with van der Waals surface area (Å²) in [5, 5.41) is 9.29. The lowest BCUT2D eigenvalue weighted by atomic mass is 10.2. The number of hydrogen-bond donors (Lipinski definition) is 2. The molecule has 9 heteroatoms. The minimum absolute atomic E-state index is 0.0217. The van der Waals surface area contributed by atoms with Gasteiger partial charge in [0.1, 0.15) is 18.4 Å². The summed E-state index contributed by atoms with van der Waals surface area (Å²) in [5.74, 6) is 0.0217. The highest BCUT2D eigenvalue weighted by Crippen LogP contribution is 2.26. The average Bonchev–Trinajstić information content (AvgIpc) is 2.95. The highest BCUT2D eigenvalue weighted by molar-refractivity contribution is 5.90. The molecule has 1 aromatic heterocycles. The summed E-state index contributed by atoms with van der Waals surface area (Å²) in [5.41, 5.74) is 0.820. The molecular formula is C14H17F2N5O2. The molecule has 0 radical (unpaired) electrons. The van der Waals surface area contributed by atoms with Crippen molar-refractivity contribution in [1.29, 1.82) is 0 Å². The van der Waals surface area contributed by atoms with Crippen molar-refractivity contribution in [3.8, 4) is 5.75 Å². The second-order valence-electron chi connectivity index (χ2n) is 4.92. The van der Waals surface area contributed by atoms with Crippen molar-refractivity contribution < 1.29 is 18.3 Å². The number of hydrogen-bond acceptors (Lipinski definition) is 4. The molecule has 1 aromatic carbocycles. The fourth-order valence-corrected chi connectivity index (χ4v) is 2.01. The van der Waals surface area contributed by atoms with Gasteiger partial charge in [0.2, 0.25) is 0 Å². The van der Waals surface area contributed by atoms with E-state index >= 15 is 0 Å². The highest BCUT2D eigenvalue weighted by atomic mass is 19.3. The average molecular weight is 325 g/mol. The second-order valence-corrected chi connectivity index (χ2v) is 4.92. The maximum atomic E-state index is 12.3. The zero-order chi connectivity index (χ0) is 16.8. The van der Waals surface area contributed by atoms with Gasteiger partial charge in [-0.25, -0.2) is 9.78 Å². The Kier molecular flexibility index (Phi) is 5.45. The van der Waals surface area contributed by atoms with Gasteiger partial charge in [-0.1, -0.05) is 6.07 Å². The lowest BCUT2D eigenvalue weighted by Gasteiger charge is -2.16. The quantitative estimate of drug-likeness (QED) is 0.854. The van der Waals surface area contributed by atoms with Crippen LogP contribution >= 0.6 is 0 Å². The van der Waals surface area contributed by atoms with Gasteiger partial charge in [-0.2, -0.15) is 13.9 Å². The third kappa shape index (κ3) is 4.90. The Morgan fingerprint density at radius 3 is 2.87 bits per heavy atom. The summed E-state index contributed by atoms with van der Waals surface area (Å²) in [6.45, 7) is 0.942. The molecule has 1 atom stereocenters. The van der Waals surface area contributed by atoms with Crippen LogP contribution < -0.4 is 15.4 Å². The van der Waals surface area contributed by atoms with Crippen molar-refractivity contribution in [3.63, 3.8) is 0 Å². The lowest BCUT2D eigenvalue weighted by Crippen LogP contribution is -2.38. The van der Waals surface area contributed by atoms with Gasteiger partial charge in [-0.05, 0) is 26.0 Å². The molecule has 23 heavy (non-hydrogen) atoms. The number of halogens is 2. The van der Waals surface area contributed by atoms with Crippen molar-refractivity contribution in [2.75, 3.05) is 5.32 Å². The van der Waals surface area contributed by atoms with Crippen LogP contribution in [0, 0.1) is 6.92 Å². The zero-order valence-electron chi connectivity index (χ0n) is 12.7. The molecule has 0 aliphatic heterocycles. The molecule has 1 unspecified atom stereocenters. The first kappa shape index (κ1) is 16.7. The molecule has 124 valence electrons. The number of benzene rings is 1. The Labute approximate surface area is 131 Å². The smallest absolute Gasteiger partial charge is 0.387 e. The maximum absolute atomic E-state index is 12.3. The van der Waals surface area contributed by atoms with E-state index in [0.29, 0.717) is 17.8 Å². The standard InChI is InChI=1S/C14H17F2N5O2/c1-9(6-21-8-17-7-18-21)19-14(22)20-11-4-3-5-12(10(11)2)23-13(15)16/h3-5,7-9,13H,6H2,1-2H3,(H2,19,20,22). The summed E-state index contributed by atoms with van der Waals surface area (Å²) in [6, 6.07) is 3.90. The minimum Gasteiger partial charge on any atom is -0.434 e. The molecule has 0 spiro atoms. The first-order valence-corrected chi connectivity index (χ1v) is 6.90. The summed E-state index contributed by atoms with van der Waals surface area (Å²) in [7, 11) is 0. The van der Waals surface area contributed by atoms with E-state index in [4.69, 9.17) is 0 Å². The van der Waals surface area contributed by atoms with Crippen molar-refractivity contribution >= 4 is 11.7 Å². The van der Waals surface area contributed by atoms with Crippen molar-refractivity contribution in [2.24, 2.45) is 0 Å². The number of carbonyl (C=O) groups excluding carboxylic acids is 1. The summed E-state index contributed by atoms with van der Waals surface area (Å²) in [6.07, 6.45) is 2.95. The SMILES string of the molecule is Cc1c(NC(=O)NC(C)Cn2cncn2)cccc1OC(F)F. The van der Waals surface area contributed by atoms with Crippen LogP contribution in [0.5, 0.6) is 5.75 Å². The number of aromatic nitrogens is 3. The van der Waals surface area contributed by atoms with E-state index in [1.165, 1.54) is 18.5 Å². The van der Waals surface area contributed by atoms with Crippen LogP contribution in [0.2, 0.25) is 0 Å². The van der Waals surface area contributed by atoms with Gasteiger partial charge in [0.25, 0.3) is 0 Å². The predicted molar refractivity (Wildman–Crippen MR) is 79.4 cm³/mol. The lowest BCUT2D eigenvalue weighted by molar-refractivity contribution is -0.0502. The van der Waals surface area contributed by atoms with E-state index in [2.05, 4.69) is 25.5 Å². The Morgan fingerprint density at radius 1 is 1.43 bits per heavy atom. The first-order valence-electron chi connectivity index (χ1n) is 6.90.